The molecular formula is C38H77N11O6. The minimum atomic E-state index is -0.803. The summed E-state index contributed by atoms with van der Waals surface area (Å²) in [6.45, 7) is 5.72. The molecule has 0 aromatic carbocycles. The van der Waals surface area contributed by atoms with Gasteiger partial charge in [-0.15, -0.1) is 0 Å². The number of nitrogens with one attached hydrogen (secondary N) is 5. The number of hydrogen-bond donors (Lipinski definition) is 11. The lowest BCUT2D eigenvalue weighted by Crippen LogP contribution is -2.51. The molecule has 320 valence electrons. The van der Waals surface area contributed by atoms with Crippen LogP contribution in [0.15, 0.2) is 0 Å². The molecule has 0 bridgehead atoms. The highest BCUT2D eigenvalue weighted by Gasteiger charge is 2.24. The first-order valence-electron chi connectivity index (χ1n) is 20.7. The topological polar surface area (TPSA) is 319 Å². The van der Waals surface area contributed by atoms with Crippen molar-refractivity contribution in [2.24, 2.45) is 34.4 Å². The zero-order valence-corrected chi connectivity index (χ0v) is 33.8. The summed E-state index contributed by atoms with van der Waals surface area (Å²) in [5.41, 5.74) is 35.0. The minimum Gasteiger partial charge on any atom is -0.355 e. The Balaban J connectivity index is 4.78. The molecule has 0 rings (SSSR count). The fraction of sp³-hybridized carbons (Fsp3) is 0.842. The third-order valence-corrected chi connectivity index (χ3v) is 9.52. The van der Waals surface area contributed by atoms with Gasteiger partial charge in [-0.2, -0.15) is 0 Å². The third kappa shape index (κ3) is 26.3. The molecule has 0 spiro atoms. The average molecular weight is 784 g/mol. The normalized spacial score (nSPS) is 14.5. The first-order valence-corrected chi connectivity index (χ1v) is 20.7. The zero-order chi connectivity index (χ0) is 41.4. The van der Waals surface area contributed by atoms with Crippen LogP contribution in [0.2, 0.25) is 0 Å². The van der Waals surface area contributed by atoms with Crippen LogP contribution in [0.25, 0.3) is 0 Å². The molecule has 5 amide bonds. The molecule has 17 N–H and O–H groups in total. The monoisotopic (exact) mass is 784 g/mol. The second kappa shape index (κ2) is 33.0. The molecule has 0 saturated carbocycles. The smallest absolute Gasteiger partial charge is 0.242 e. The summed E-state index contributed by atoms with van der Waals surface area (Å²) in [4.78, 5) is 75.4. The van der Waals surface area contributed by atoms with Gasteiger partial charge in [-0.1, -0.05) is 39.0 Å². The largest absolute Gasteiger partial charge is 0.355 e. The molecule has 0 aromatic heterocycles. The lowest BCUT2D eigenvalue weighted by atomic mass is 10.0. The number of carbonyl (C=O) groups is 6. The molecule has 6 atom stereocenters. The maximum atomic E-state index is 13.2. The Kier molecular flexibility index (Phi) is 31.0. The molecule has 0 heterocycles. The molecule has 17 heteroatoms. The van der Waals surface area contributed by atoms with E-state index in [1.54, 1.807) is 0 Å². The van der Waals surface area contributed by atoms with Gasteiger partial charge in [0.1, 0.15) is 6.04 Å². The van der Waals surface area contributed by atoms with Crippen molar-refractivity contribution in [2.45, 2.75) is 172 Å². The maximum Gasteiger partial charge on any atom is 0.242 e. The Hall–Kier alpha value is -3.22. The van der Waals surface area contributed by atoms with Gasteiger partial charge >= 0.3 is 0 Å². The second-order valence-corrected chi connectivity index (χ2v) is 14.6. The van der Waals surface area contributed by atoms with E-state index in [0.29, 0.717) is 110 Å². The predicted octanol–water partition coefficient (Wildman–Crippen LogP) is -0.448. The second-order valence-electron chi connectivity index (χ2n) is 14.6. The molecule has 6 unspecified atom stereocenters. The third-order valence-electron chi connectivity index (χ3n) is 9.52. The quantitative estimate of drug-likeness (QED) is 0.0364. The Labute approximate surface area is 329 Å². The number of rotatable bonds is 35. The van der Waals surface area contributed by atoms with E-state index in [2.05, 4.69) is 33.5 Å². The minimum absolute atomic E-state index is 0.196. The van der Waals surface area contributed by atoms with Crippen LogP contribution in [-0.4, -0.2) is 104 Å². The average Bonchev–Trinajstić information content (AvgIpc) is 3.15. The fourth-order valence-corrected chi connectivity index (χ4v) is 5.82. The van der Waals surface area contributed by atoms with E-state index in [-0.39, 0.29) is 29.4 Å². The molecule has 0 aliphatic rings. The summed E-state index contributed by atoms with van der Waals surface area (Å²) in [6, 6.07) is -4.20. The summed E-state index contributed by atoms with van der Waals surface area (Å²) in [7, 11) is 0. The van der Waals surface area contributed by atoms with Gasteiger partial charge < -0.3 is 61.0 Å². The van der Waals surface area contributed by atoms with Crippen molar-refractivity contribution in [1.82, 2.24) is 26.6 Å². The van der Waals surface area contributed by atoms with Crippen molar-refractivity contribution in [2.75, 3.05) is 32.7 Å². The highest BCUT2D eigenvalue weighted by atomic mass is 16.2. The van der Waals surface area contributed by atoms with Crippen LogP contribution in [0.4, 0.5) is 0 Å². The number of hydrogen-bond acceptors (Lipinski definition) is 12. The standard InChI is InChI=1S/C38H77N11O6/c1-3-4-5-16-30(43)37(54)49-33(21-10-15-25-46-35(52)29(42)18-7-12-23-40)38(55)47-26-14-9-20-32(27(2)50)48-36(53)31(44)19-8-13-24-45-34(51)28(41)17-6-11-22-39/h28-33H,3-26,39-44H2,1-2H3,(H,45,51)(H,46,52)(H,47,55)(H,48,53)(H,49,54). The van der Waals surface area contributed by atoms with E-state index in [9.17, 15) is 28.8 Å². The first-order chi connectivity index (χ1) is 26.3. The maximum absolute atomic E-state index is 13.2. The molecular weight excluding hydrogens is 706 g/mol. The van der Waals surface area contributed by atoms with Crippen LogP contribution in [-0.2, 0) is 28.8 Å². The molecule has 0 aromatic rings. The molecule has 0 saturated heterocycles. The van der Waals surface area contributed by atoms with Crippen molar-refractivity contribution >= 4 is 35.3 Å². The van der Waals surface area contributed by atoms with Gasteiger partial charge in [0.05, 0.1) is 30.2 Å². The summed E-state index contributed by atoms with van der Waals surface area (Å²) in [5, 5.41) is 14.1. The Morgan fingerprint density at radius 3 is 1.15 bits per heavy atom. The summed E-state index contributed by atoms with van der Waals surface area (Å²) >= 11 is 0. The van der Waals surface area contributed by atoms with Crippen LogP contribution in [0.5, 0.6) is 0 Å². The van der Waals surface area contributed by atoms with Crippen molar-refractivity contribution in [1.29, 1.82) is 0 Å². The van der Waals surface area contributed by atoms with Crippen molar-refractivity contribution < 1.29 is 28.8 Å². The van der Waals surface area contributed by atoms with E-state index in [1.807, 2.05) is 0 Å². The highest BCUT2D eigenvalue weighted by molar-refractivity contribution is 5.90. The number of ketones is 1. The zero-order valence-electron chi connectivity index (χ0n) is 33.8. The Morgan fingerprint density at radius 1 is 0.418 bits per heavy atom. The van der Waals surface area contributed by atoms with Gasteiger partial charge in [-0.25, -0.2) is 0 Å². The van der Waals surface area contributed by atoms with E-state index in [1.165, 1.54) is 6.92 Å². The van der Waals surface area contributed by atoms with Crippen LogP contribution in [0.3, 0.4) is 0 Å². The van der Waals surface area contributed by atoms with Crippen LogP contribution in [0, 0.1) is 0 Å². The van der Waals surface area contributed by atoms with Crippen molar-refractivity contribution in [3.63, 3.8) is 0 Å². The van der Waals surface area contributed by atoms with Gasteiger partial charge in [-0.05, 0) is 110 Å². The lowest BCUT2D eigenvalue weighted by molar-refractivity contribution is -0.129. The van der Waals surface area contributed by atoms with Gasteiger partial charge in [0, 0.05) is 19.6 Å². The predicted molar refractivity (Wildman–Crippen MR) is 217 cm³/mol. The number of amides is 5. The Bertz CT molecular complexity index is 1100. The van der Waals surface area contributed by atoms with Gasteiger partial charge in [0.15, 0.2) is 5.78 Å². The van der Waals surface area contributed by atoms with E-state index < -0.39 is 42.2 Å². The molecule has 17 nitrogen and oxygen atoms in total. The summed E-state index contributed by atoms with van der Waals surface area (Å²) < 4.78 is 0. The molecule has 0 radical (unpaired) electrons. The summed E-state index contributed by atoms with van der Waals surface area (Å²) in [6.07, 6.45) is 12.2. The van der Waals surface area contributed by atoms with Crippen molar-refractivity contribution in [3.05, 3.63) is 0 Å². The van der Waals surface area contributed by atoms with Crippen LogP contribution < -0.4 is 61.0 Å². The van der Waals surface area contributed by atoms with Gasteiger partial charge in [0.2, 0.25) is 29.5 Å². The number of nitrogens with two attached hydrogens (primary N) is 6. The number of Topliss-reactive ketones (excluding diaryl/α,β-unsaturated/α-hetero) is 1. The molecule has 0 fully saturated rings. The molecule has 0 aliphatic carbocycles. The van der Waals surface area contributed by atoms with E-state index in [4.69, 9.17) is 34.4 Å². The number of carbonyl (C=O) groups excluding carboxylic acids is 6. The number of unbranched alkanes of at least 4 members (excludes halogenated alkanes) is 7. The lowest BCUT2D eigenvalue weighted by Gasteiger charge is -2.21. The Morgan fingerprint density at radius 2 is 0.745 bits per heavy atom. The molecule has 0 aliphatic heterocycles. The van der Waals surface area contributed by atoms with Gasteiger partial charge in [0.25, 0.3) is 0 Å². The van der Waals surface area contributed by atoms with Crippen LogP contribution >= 0.6 is 0 Å². The highest BCUT2D eigenvalue weighted by Crippen LogP contribution is 2.08. The van der Waals surface area contributed by atoms with Gasteiger partial charge in [-0.3, -0.25) is 28.8 Å². The SMILES string of the molecule is CCCCCC(N)C(=O)NC(CCCCNC(=O)C(N)CCCCN)C(=O)NCCCCC(NC(=O)C(N)CCCCNC(=O)C(N)CCCCN)C(C)=O. The first kappa shape index (κ1) is 51.8. The summed E-state index contributed by atoms with van der Waals surface area (Å²) in [5.74, 6) is -1.77. The van der Waals surface area contributed by atoms with E-state index in [0.717, 1.165) is 44.9 Å². The van der Waals surface area contributed by atoms with Crippen molar-refractivity contribution in [3.8, 4) is 0 Å². The fourth-order valence-electron chi connectivity index (χ4n) is 5.82. The van der Waals surface area contributed by atoms with E-state index >= 15 is 0 Å². The van der Waals surface area contributed by atoms with Crippen LogP contribution in [0.1, 0.15) is 136 Å². The molecule has 55 heavy (non-hydrogen) atoms.